The number of aromatic nitrogens is 2. The van der Waals surface area contributed by atoms with E-state index < -0.39 is 0 Å². The highest BCUT2D eigenvalue weighted by Gasteiger charge is 2.17. The molecule has 4 aromatic carbocycles. The van der Waals surface area contributed by atoms with Gasteiger partial charge in [0.05, 0.1) is 20.4 Å². The summed E-state index contributed by atoms with van der Waals surface area (Å²) in [5.74, 6) is 0. The molecule has 0 fully saturated rings. The lowest BCUT2D eigenvalue weighted by Gasteiger charge is -2.25. The normalized spacial score (nSPS) is 12.1. The second-order valence-electron chi connectivity index (χ2n) is 17.3. The Morgan fingerprint density at radius 3 is 1.08 bits per heavy atom. The lowest BCUT2D eigenvalue weighted by atomic mass is 10.0. The summed E-state index contributed by atoms with van der Waals surface area (Å²) >= 11 is 3.53. The van der Waals surface area contributed by atoms with Crippen molar-refractivity contribution in [3.63, 3.8) is 0 Å². The van der Waals surface area contributed by atoms with Crippen LogP contribution in [0, 0.1) is 0 Å². The summed E-state index contributed by atoms with van der Waals surface area (Å²) in [7, 11) is 0. The van der Waals surface area contributed by atoms with E-state index >= 15 is 0 Å². The Bertz CT molecular complexity index is 2290. The van der Waals surface area contributed by atoms with Gasteiger partial charge in [-0.15, -0.1) is 22.7 Å². The predicted molar refractivity (Wildman–Crippen MR) is 280 cm³/mol. The van der Waals surface area contributed by atoms with E-state index in [1.54, 1.807) is 22.7 Å². The van der Waals surface area contributed by atoms with E-state index in [0.29, 0.717) is 0 Å². The summed E-state index contributed by atoms with van der Waals surface area (Å²) in [4.78, 5) is 16.3. The maximum absolute atomic E-state index is 5.52. The van der Waals surface area contributed by atoms with Gasteiger partial charge in [0.25, 0.3) is 0 Å². The average molecular weight is 863 g/mol. The first-order valence-electron chi connectivity index (χ1n) is 24.2. The molecule has 0 unspecified atom stereocenters. The molecule has 3 aromatic heterocycles. The number of thiophene rings is 2. The van der Waals surface area contributed by atoms with Gasteiger partial charge < -0.3 is 9.80 Å². The number of anilines is 2. The zero-order chi connectivity index (χ0) is 42.9. The molecule has 7 aromatic rings. The first kappa shape index (κ1) is 45.5. The number of unbranched alkanes of at least 4 members (excludes halogenated alkanes) is 12. The molecule has 0 saturated carbocycles. The Morgan fingerprint density at radius 2 is 0.742 bits per heavy atom. The third-order valence-corrected chi connectivity index (χ3v) is 14.3. The molecule has 3 heterocycles. The minimum atomic E-state index is 0.945. The molecule has 0 radical (unpaired) electrons. The van der Waals surface area contributed by atoms with Crippen molar-refractivity contribution in [1.82, 2.24) is 9.97 Å². The monoisotopic (exact) mass is 863 g/mol. The molecule has 0 aliphatic carbocycles. The summed E-state index contributed by atoms with van der Waals surface area (Å²) in [6.45, 7) is 13.7. The van der Waals surface area contributed by atoms with Crippen LogP contribution in [0.2, 0.25) is 0 Å². The minimum absolute atomic E-state index is 0.945. The number of hydrogen-bond donors (Lipinski definition) is 0. The standard InChI is InChI=1S/C56H70N4S2/c1-5-9-13-17-37-59(38-18-14-10-6-2)47-31-23-43(24-32-47)21-27-45-29-30-46(52-51(45)57-53-54(58-52)56-50(36-42-62-56)49-35-41-61-55(49)53)28-22-44-25-33-48(34-26-44)60(39-19-15-11-7-3)40-20-16-12-8-4/h21-36,41-42H,5-20,37-40H2,1-4H3/b27-21+,28-22+. The number of hydrogen-bond acceptors (Lipinski definition) is 6. The van der Waals surface area contributed by atoms with Crippen LogP contribution in [-0.2, 0) is 0 Å². The van der Waals surface area contributed by atoms with E-state index in [-0.39, 0.29) is 0 Å². The Morgan fingerprint density at radius 1 is 0.387 bits per heavy atom. The smallest absolute Gasteiger partial charge is 0.109 e. The van der Waals surface area contributed by atoms with Gasteiger partial charge in [-0.2, -0.15) is 0 Å². The Labute approximate surface area is 380 Å². The quantitative estimate of drug-likeness (QED) is 0.0308. The third kappa shape index (κ3) is 11.7. The fourth-order valence-corrected chi connectivity index (χ4v) is 10.6. The van der Waals surface area contributed by atoms with Crippen molar-refractivity contribution in [1.29, 1.82) is 0 Å². The maximum atomic E-state index is 5.52. The van der Waals surface area contributed by atoms with Crippen LogP contribution in [-0.4, -0.2) is 36.1 Å². The van der Waals surface area contributed by atoms with Crippen LogP contribution >= 0.6 is 22.7 Å². The van der Waals surface area contributed by atoms with Crippen molar-refractivity contribution in [3.05, 3.63) is 106 Å². The van der Waals surface area contributed by atoms with Gasteiger partial charge in [-0.05, 0) is 84.0 Å². The minimum Gasteiger partial charge on any atom is -0.372 e. The Balaban J connectivity index is 1.18. The van der Waals surface area contributed by atoms with Gasteiger partial charge in [0.15, 0.2) is 0 Å². The molecular weight excluding hydrogens is 793 g/mol. The molecule has 0 amide bonds. The summed E-state index contributed by atoms with van der Waals surface area (Å²) in [6.07, 6.45) is 29.6. The van der Waals surface area contributed by atoms with E-state index in [2.05, 4.69) is 145 Å². The van der Waals surface area contributed by atoms with Gasteiger partial charge in [0.2, 0.25) is 0 Å². The van der Waals surface area contributed by atoms with Gasteiger partial charge in [-0.25, -0.2) is 9.97 Å². The van der Waals surface area contributed by atoms with Crippen LogP contribution in [0.4, 0.5) is 11.4 Å². The fourth-order valence-electron chi connectivity index (χ4n) is 8.79. The van der Waals surface area contributed by atoms with E-state index in [0.717, 1.165) is 59.4 Å². The zero-order valence-electron chi connectivity index (χ0n) is 38.1. The van der Waals surface area contributed by atoms with Gasteiger partial charge in [-0.1, -0.05) is 165 Å². The zero-order valence-corrected chi connectivity index (χ0v) is 39.8. The SMILES string of the molecule is CCCCCCN(CCCCCC)c1ccc(/C=C/c2ccc(/C=C/c3ccc(N(CCCCCC)CCCCCC)cc3)c3nc4c(nc23)c2sccc2c2ccsc24)cc1. The number of benzene rings is 4. The fraction of sp³-hybridized carbons (Fsp3) is 0.429. The molecule has 4 nitrogen and oxygen atoms in total. The van der Waals surface area contributed by atoms with Gasteiger partial charge in [0.1, 0.15) is 11.0 Å². The molecule has 0 saturated heterocycles. The van der Waals surface area contributed by atoms with E-state index in [1.165, 1.54) is 145 Å². The molecule has 0 N–H and O–H groups in total. The van der Waals surface area contributed by atoms with Crippen LogP contribution in [0.25, 0.3) is 66.5 Å². The second kappa shape index (κ2) is 23.8. The summed E-state index contributed by atoms with van der Waals surface area (Å²) < 4.78 is 2.43. The van der Waals surface area contributed by atoms with Crippen molar-refractivity contribution in [2.24, 2.45) is 0 Å². The van der Waals surface area contributed by atoms with Crippen LogP contribution in [0.15, 0.2) is 83.6 Å². The highest BCUT2D eigenvalue weighted by molar-refractivity contribution is 7.20. The lowest BCUT2D eigenvalue weighted by Crippen LogP contribution is -2.25. The van der Waals surface area contributed by atoms with Gasteiger partial charge in [-0.3, -0.25) is 0 Å². The highest BCUT2D eigenvalue weighted by atomic mass is 32.1. The maximum Gasteiger partial charge on any atom is 0.109 e. The first-order chi connectivity index (χ1) is 30.6. The first-order valence-corrected chi connectivity index (χ1v) is 25.9. The molecule has 326 valence electrons. The molecule has 0 aliphatic rings. The molecule has 0 bridgehead atoms. The van der Waals surface area contributed by atoms with Crippen LogP contribution in [0.1, 0.15) is 153 Å². The Hall–Kier alpha value is -4.52. The summed E-state index contributed by atoms with van der Waals surface area (Å²) in [5.41, 5.74) is 11.1. The van der Waals surface area contributed by atoms with Crippen molar-refractivity contribution in [2.75, 3.05) is 36.0 Å². The Kier molecular flexibility index (Phi) is 17.5. The van der Waals surface area contributed by atoms with Crippen LogP contribution < -0.4 is 9.80 Å². The van der Waals surface area contributed by atoms with Crippen molar-refractivity contribution >= 4 is 101 Å². The molecule has 62 heavy (non-hydrogen) atoms. The molecule has 0 aliphatic heterocycles. The van der Waals surface area contributed by atoms with Crippen molar-refractivity contribution < 1.29 is 0 Å². The van der Waals surface area contributed by atoms with E-state index in [9.17, 15) is 0 Å². The predicted octanol–water partition coefficient (Wildman–Crippen LogP) is 17.5. The summed E-state index contributed by atoms with van der Waals surface area (Å²) in [6, 6.07) is 27.4. The largest absolute Gasteiger partial charge is 0.372 e. The van der Waals surface area contributed by atoms with Gasteiger partial charge in [0, 0.05) is 59.5 Å². The molecule has 6 heteroatoms. The third-order valence-electron chi connectivity index (χ3n) is 12.5. The number of rotatable bonds is 26. The number of fused-ring (bicyclic) bond motifs is 7. The highest BCUT2D eigenvalue weighted by Crippen LogP contribution is 2.40. The van der Waals surface area contributed by atoms with E-state index in [1.807, 2.05) is 0 Å². The summed E-state index contributed by atoms with van der Waals surface area (Å²) in [5, 5.41) is 6.93. The number of nitrogens with zero attached hydrogens (tertiary/aromatic N) is 4. The molecular formula is C56H70N4S2. The van der Waals surface area contributed by atoms with Crippen LogP contribution in [0.5, 0.6) is 0 Å². The van der Waals surface area contributed by atoms with Crippen LogP contribution in [0.3, 0.4) is 0 Å². The molecule has 7 rings (SSSR count). The van der Waals surface area contributed by atoms with Gasteiger partial charge >= 0.3 is 0 Å². The molecule has 0 spiro atoms. The van der Waals surface area contributed by atoms with Crippen molar-refractivity contribution in [2.45, 2.75) is 130 Å². The second-order valence-corrected chi connectivity index (χ2v) is 19.1. The topological polar surface area (TPSA) is 32.3 Å². The average Bonchev–Trinajstić information content (AvgIpc) is 4.01. The van der Waals surface area contributed by atoms with Crippen molar-refractivity contribution in [3.8, 4) is 0 Å². The molecule has 0 atom stereocenters. The lowest BCUT2D eigenvalue weighted by molar-refractivity contribution is 0.609. The van der Waals surface area contributed by atoms with E-state index in [4.69, 9.17) is 9.97 Å².